The molecule has 0 aromatic heterocycles. The van der Waals surface area contributed by atoms with Gasteiger partial charge in [-0.2, -0.15) is 0 Å². The molecule has 1 fully saturated rings. The lowest BCUT2D eigenvalue weighted by atomic mass is 9.67. The van der Waals surface area contributed by atoms with Gasteiger partial charge in [-0.05, 0) is 61.6 Å². The van der Waals surface area contributed by atoms with E-state index in [2.05, 4.69) is 6.58 Å². The highest BCUT2D eigenvalue weighted by Gasteiger charge is 2.52. The first kappa shape index (κ1) is 25.3. The second kappa shape index (κ2) is 10.8. The minimum Gasteiger partial charge on any atom is -0.464 e. The Morgan fingerprint density at radius 2 is 1.88 bits per heavy atom. The van der Waals surface area contributed by atoms with Gasteiger partial charge in [0.2, 0.25) is 5.91 Å². The molecule has 1 aliphatic heterocycles. The van der Waals surface area contributed by atoms with Gasteiger partial charge >= 0.3 is 5.97 Å². The minimum absolute atomic E-state index is 0.0690. The first-order valence-corrected chi connectivity index (χ1v) is 12.1. The van der Waals surface area contributed by atoms with Crippen molar-refractivity contribution < 1.29 is 14.3 Å². The van der Waals surface area contributed by atoms with Crippen LogP contribution in [0.5, 0.6) is 0 Å². The summed E-state index contributed by atoms with van der Waals surface area (Å²) in [5, 5.41) is 1.24. The van der Waals surface area contributed by atoms with E-state index in [1.807, 2.05) is 62.4 Å². The Morgan fingerprint density at radius 3 is 2.45 bits per heavy atom. The van der Waals surface area contributed by atoms with E-state index in [0.29, 0.717) is 29.3 Å². The molecule has 4 atom stereocenters. The molecule has 3 rings (SSSR count). The van der Waals surface area contributed by atoms with E-state index < -0.39 is 11.5 Å². The van der Waals surface area contributed by atoms with Crippen LogP contribution in [0.25, 0.3) is 0 Å². The summed E-state index contributed by atoms with van der Waals surface area (Å²) in [6.07, 6.45) is 3.33. The van der Waals surface area contributed by atoms with E-state index in [-0.39, 0.29) is 30.4 Å². The molecule has 0 unspecified atom stereocenters. The van der Waals surface area contributed by atoms with Crippen molar-refractivity contribution in [1.29, 1.82) is 0 Å². The summed E-state index contributed by atoms with van der Waals surface area (Å²) >= 11 is 12.5. The number of ether oxygens (including phenoxy) is 1. The molecule has 0 N–H and O–H groups in total. The van der Waals surface area contributed by atoms with Crippen LogP contribution in [0.4, 0.5) is 0 Å². The standard InChI is InChI=1S/C27H31Cl2NO3/c1-5-15-27(4)17-22(19-9-8-10-21(29)16-19)24(18-11-13-20(28)14-12-18)30(26(27)32)23(6-2)25(31)33-7-3/h5,8-14,16,22-24H,1,6-7,15,17H2,2-4H3/t22-,23+,24-,27+/m1/s1. The van der Waals surface area contributed by atoms with Crippen molar-refractivity contribution in [3.8, 4) is 0 Å². The van der Waals surface area contributed by atoms with Crippen molar-refractivity contribution in [2.75, 3.05) is 6.61 Å². The fourth-order valence-corrected chi connectivity index (χ4v) is 5.27. The molecule has 2 aromatic carbocycles. The van der Waals surface area contributed by atoms with Gasteiger partial charge in [-0.3, -0.25) is 4.79 Å². The number of benzene rings is 2. The van der Waals surface area contributed by atoms with Crippen molar-refractivity contribution in [2.24, 2.45) is 5.41 Å². The highest BCUT2D eigenvalue weighted by atomic mass is 35.5. The molecule has 4 nitrogen and oxygen atoms in total. The zero-order chi connectivity index (χ0) is 24.2. The van der Waals surface area contributed by atoms with E-state index in [4.69, 9.17) is 27.9 Å². The Bertz CT molecular complexity index is 1010. The first-order chi connectivity index (χ1) is 15.8. The molecular weight excluding hydrogens is 457 g/mol. The lowest BCUT2D eigenvalue weighted by Crippen LogP contribution is -2.57. The highest BCUT2D eigenvalue weighted by Crippen LogP contribution is 2.52. The number of hydrogen-bond donors (Lipinski definition) is 0. The zero-order valence-corrected chi connectivity index (χ0v) is 20.9. The Balaban J connectivity index is 2.24. The molecular formula is C27H31Cl2NO3. The maximum atomic E-state index is 14.1. The Morgan fingerprint density at radius 1 is 1.18 bits per heavy atom. The topological polar surface area (TPSA) is 46.6 Å². The number of nitrogens with zero attached hydrogens (tertiary/aromatic N) is 1. The number of hydrogen-bond acceptors (Lipinski definition) is 3. The van der Waals surface area contributed by atoms with Gasteiger partial charge in [-0.15, -0.1) is 6.58 Å². The minimum atomic E-state index is -0.711. The molecule has 2 aromatic rings. The number of halogens is 2. The van der Waals surface area contributed by atoms with Crippen LogP contribution in [0.1, 0.15) is 63.1 Å². The molecule has 0 bridgehead atoms. The number of carbonyl (C=O) groups is 2. The first-order valence-electron chi connectivity index (χ1n) is 11.4. The Labute approximate surface area is 206 Å². The van der Waals surface area contributed by atoms with E-state index in [0.717, 1.165) is 11.1 Å². The van der Waals surface area contributed by atoms with Crippen LogP contribution in [0.3, 0.4) is 0 Å². The molecule has 0 radical (unpaired) electrons. The summed E-state index contributed by atoms with van der Waals surface area (Å²) in [5.41, 5.74) is 1.23. The van der Waals surface area contributed by atoms with Crippen molar-refractivity contribution in [2.45, 2.75) is 58.0 Å². The molecule has 176 valence electrons. The smallest absolute Gasteiger partial charge is 0.328 e. The van der Waals surface area contributed by atoms with Crippen LogP contribution >= 0.6 is 23.2 Å². The summed E-state index contributed by atoms with van der Waals surface area (Å²) in [5.74, 6) is -0.545. The number of likely N-dealkylation sites (tertiary alicyclic amines) is 1. The van der Waals surface area contributed by atoms with E-state index in [9.17, 15) is 9.59 Å². The van der Waals surface area contributed by atoms with Crippen LogP contribution in [0.2, 0.25) is 10.0 Å². The number of allylic oxidation sites excluding steroid dienone is 1. The second-order valence-electron chi connectivity index (χ2n) is 8.80. The van der Waals surface area contributed by atoms with Gasteiger partial charge in [0.1, 0.15) is 6.04 Å². The lowest BCUT2D eigenvalue weighted by Gasteiger charge is -2.51. The van der Waals surface area contributed by atoms with E-state index in [1.165, 1.54) is 0 Å². The monoisotopic (exact) mass is 487 g/mol. The summed E-state index contributed by atoms with van der Waals surface area (Å²) in [6, 6.07) is 14.2. The molecule has 33 heavy (non-hydrogen) atoms. The second-order valence-corrected chi connectivity index (χ2v) is 9.68. The number of esters is 1. The Kier molecular flexibility index (Phi) is 8.25. The number of rotatable bonds is 8. The Hall–Kier alpha value is -2.30. The van der Waals surface area contributed by atoms with E-state index >= 15 is 0 Å². The van der Waals surface area contributed by atoms with E-state index in [1.54, 1.807) is 17.9 Å². The van der Waals surface area contributed by atoms with Crippen molar-refractivity contribution in [1.82, 2.24) is 4.90 Å². The molecule has 0 spiro atoms. The zero-order valence-electron chi connectivity index (χ0n) is 19.4. The summed E-state index contributed by atoms with van der Waals surface area (Å²) in [7, 11) is 0. The van der Waals surface area contributed by atoms with Gasteiger partial charge < -0.3 is 9.64 Å². The van der Waals surface area contributed by atoms with Gasteiger partial charge in [0, 0.05) is 16.0 Å². The van der Waals surface area contributed by atoms with Crippen molar-refractivity contribution in [3.63, 3.8) is 0 Å². The number of carbonyl (C=O) groups excluding carboxylic acids is 2. The summed E-state index contributed by atoms with van der Waals surface area (Å²) in [4.78, 5) is 28.8. The molecule has 0 aliphatic carbocycles. The van der Waals surface area contributed by atoms with Crippen LogP contribution in [0.15, 0.2) is 61.2 Å². The average molecular weight is 488 g/mol. The lowest BCUT2D eigenvalue weighted by molar-refractivity contribution is -0.166. The molecule has 1 aliphatic rings. The third kappa shape index (κ3) is 5.28. The van der Waals surface area contributed by atoms with Crippen LogP contribution in [0, 0.1) is 5.41 Å². The van der Waals surface area contributed by atoms with Gasteiger partial charge in [-0.1, -0.05) is 67.4 Å². The van der Waals surface area contributed by atoms with Gasteiger partial charge in [0.15, 0.2) is 0 Å². The molecule has 0 saturated carbocycles. The fraction of sp³-hybridized carbons (Fsp3) is 0.407. The van der Waals surface area contributed by atoms with Gasteiger partial charge in [0.05, 0.1) is 18.1 Å². The number of piperidine rings is 1. The maximum absolute atomic E-state index is 14.1. The molecule has 1 amide bonds. The molecule has 6 heteroatoms. The molecule has 1 heterocycles. The SMILES string of the molecule is C=CC[C@@]1(C)C[C@H](c2cccc(Cl)c2)[C@@H](c2ccc(Cl)cc2)N([C@@H](CC)C(=O)OCC)C1=O. The van der Waals surface area contributed by atoms with Crippen molar-refractivity contribution in [3.05, 3.63) is 82.4 Å². The van der Waals surface area contributed by atoms with Gasteiger partial charge in [-0.25, -0.2) is 4.79 Å². The maximum Gasteiger partial charge on any atom is 0.328 e. The highest BCUT2D eigenvalue weighted by molar-refractivity contribution is 6.30. The largest absolute Gasteiger partial charge is 0.464 e. The average Bonchev–Trinajstić information content (AvgIpc) is 2.78. The van der Waals surface area contributed by atoms with Crippen LogP contribution in [-0.2, 0) is 14.3 Å². The van der Waals surface area contributed by atoms with Crippen LogP contribution < -0.4 is 0 Å². The fourth-order valence-electron chi connectivity index (χ4n) is 4.95. The summed E-state index contributed by atoms with van der Waals surface area (Å²) < 4.78 is 5.39. The quantitative estimate of drug-likeness (QED) is 0.298. The van der Waals surface area contributed by atoms with Crippen molar-refractivity contribution >= 4 is 35.1 Å². The third-order valence-corrected chi connectivity index (χ3v) is 6.95. The normalized spacial score (nSPS) is 23.8. The van der Waals surface area contributed by atoms with Crippen LogP contribution in [-0.4, -0.2) is 29.4 Å². The molecule has 1 saturated heterocycles. The predicted molar refractivity (Wildman–Crippen MR) is 133 cm³/mol. The summed E-state index contributed by atoms with van der Waals surface area (Å²) in [6.45, 7) is 9.78. The predicted octanol–water partition coefficient (Wildman–Crippen LogP) is 6.97. The van der Waals surface area contributed by atoms with Gasteiger partial charge in [0.25, 0.3) is 0 Å². The third-order valence-electron chi connectivity index (χ3n) is 6.47. The number of amides is 1.